The molecule has 0 bridgehead atoms. The van der Waals surface area contributed by atoms with Crippen molar-refractivity contribution in [2.75, 3.05) is 11.6 Å². The van der Waals surface area contributed by atoms with Crippen LogP contribution in [-0.2, 0) is 4.79 Å². The van der Waals surface area contributed by atoms with Gasteiger partial charge in [0.25, 0.3) is 5.91 Å². The second kappa shape index (κ2) is 12.9. The van der Waals surface area contributed by atoms with Crippen LogP contribution in [0.25, 0.3) is 0 Å². The molecular formula is C24H41N3O2. The smallest absolute Gasteiger partial charge is 0.268 e. The number of aliphatic hydroxyl groups excluding tert-OH is 1. The molecule has 1 amide bonds. The van der Waals surface area contributed by atoms with E-state index in [2.05, 4.69) is 19.3 Å². The van der Waals surface area contributed by atoms with Crippen molar-refractivity contribution in [2.45, 2.75) is 90.2 Å². The normalized spacial score (nSPS) is 18.1. The Morgan fingerprint density at radius 1 is 1.21 bits per heavy atom. The van der Waals surface area contributed by atoms with Crippen LogP contribution in [0, 0.1) is 11.8 Å². The van der Waals surface area contributed by atoms with Crippen LogP contribution in [0.5, 0.6) is 0 Å². The number of nitrogens with one attached hydrogen (secondary N) is 1. The molecule has 29 heavy (non-hydrogen) atoms. The van der Waals surface area contributed by atoms with Gasteiger partial charge in [-0.1, -0.05) is 83.4 Å². The molecule has 5 nitrogen and oxygen atoms in total. The molecule has 0 aromatic heterocycles. The fourth-order valence-electron chi connectivity index (χ4n) is 4.33. The van der Waals surface area contributed by atoms with Gasteiger partial charge in [-0.15, -0.1) is 0 Å². The van der Waals surface area contributed by atoms with Gasteiger partial charge in [0.1, 0.15) is 6.10 Å². The number of nitrogens with two attached hydrogens (primary N) is 1. The van der Waals surface area contributed by atoms with Gasteiger partial charge in [0.15, 0.2) is 0 Å². The van der Waals surface area contributed by atoms with E-state index in [1.807, 2.05) is 35.3 Å². The molecule has 1 aromatic carbocycles. The van der Waals surface area contributed by atoms with Crippen LogP contribution in [0.4, 0.5) is 5.69 Å². The molecule has 1 aliphatic rings. The summed E-state index contributed by atoms with van der Waals surface area (Å²) < 4.78 is 0. The summed E-state index contributed by atoms with van der Waals surface area (Å²) in [5.74, 6) is 0.621. The van der Waals surface area contributed by atoms with E-state index in [0.717, 1.165) is 37.9 Å². The standard InChI is InChI=1S/C24H41N3O2/c1-3-5-12-19(4-2)18-27(21-15-10-7-11-16-21)26-24(29)23(28)22(25)17-20-13-8-6-9-14-20/h7,10-11,15-16,19-20,22-23,28H,3-6,8-9,12-14,17-18,25H2,1-2H3,(H,26,29)/t19?,22-,23?/m1/s1. The Hall–Kier alpha value is -1.59. The molecule has 4 N–H and O–H groups in total. The number of rotatable bonds is 12. The zero-order chi connectivity index (χ0) is 21.1. The summed E-state index contributed by atoms with van der Waals surface area (Å²) in [4.78, 5) is 12.8. The van der Waals surface area contributed by atoms with Crippen LogP contribution in [0.3, 0.4) is 0 Å². The van der Waals surface area contributed by atoms with Gasteiger partial charge in [0.05, 0.1) is 5.69 Å². The molecule has 1 aromatic rings. The molecule has 2 unspecified atom stereocenters. The highest BCUT2D eigenvalue weighted by Gasteiger charge is 2.28. The number of para-hydroxylation sites is 1. The van der Waals surface area contributed by atoms with E-state index in [1.165, 1.54) is 32.1 Å². The fourth-order valence-corrected chi connectivity index (χ4v) is 4.33. The third-order valence-electron chi connectivity index (χ3n) is 6.30. The molecular weight excluding hydrogens is 362 g/mol. The monoisotopic (exact) mass is 403 g/mol. The Labute approximate surface area is 177 Å². The second-order valence-corrected chi connectivity index (χ2v) is 8.69. The van der Waals surface area contributed by atoms with E-state index >= 15 is 0 Å². The quantitative estimate of drug-likeness (QED) is 0.452. The number of carbonyl (C=O) groups is 1. The number of hydrogen-bond acceptors (Lipinski definition) is 4. The van der Waals surface area contributed by atoms with Gasteiger partial charge in [-0.3, -0.25) is 15.2 Å². The van der Waals surface area contributed by atoms with E-state index in [0.29, 0.717) is 18.3 Å². The van der Waals surface area contributed by atoms with Crippen molar-refractivity contribution in [3.8, 4) is 0 Å². The van der Waals surface area contributed by atoms with E-state index < -0.39 is 18.1 Å². The molecule has 3 atom stereocenters. The first kappa shape index (κ1) is 23.7. The molecule has 164 valence electrons. The lowest BCUT2D eigenvalue weighted by molar-refractivity contribution is -0.130. The van der Waals surface area contributed by atoms with Gasteiger partial charge >= 0.3 is 0 Å². The Balaban J connectivity index is 1.99. The number of benzene rings is 1. The van der Waals surface area contributed by atoms with Crippen molar-refractivity contribution in [3.05, 3.63) is 30.3 Å². The lowest BCUT2D eigenvalue weighted by atomic mass is 9.84. The molecule has 0 aliphatic heterocycles. The van der Waals surface area contributed by atoms with Gasteiger partial charge < -0.3 is 10.8 Å². The van der Waals surface area contributed by atoms with Gasteiger partial charge in [0.2, 0.25) is 0 Å². The van der Waals surface area contributed by atoms with Gasteiger partial charge in [-0.05, 0) is 36.8 Å². The Kier molecular flexibility index (Phi) is 10.5. The van der Waals surface area contributed by atoms with Crippen molar-refractivity contribution in [1.29, 1.82) is 0 Å². The second-order valence-electron chi connectivity index (χ2n) is 8.69. The summed E-state index contributed by atoms with van der Waals surface area (Å²) in [6.07, 6.45) is 10.2. The van der Waals surface area contributed by atoms with E-state index in [9.17, 15) is 9.90 Å². The predicted octanol–water partition coefficient (Wildman–Crippen LogP) is 4.40. The number of hydrazine groups is 1. The summed E-state index contributed by atoms with van der Waals surface area (Å²) in [6, 6.07) is 9.35. The molecule has 0 radical (unpaired) electrons. The van der Waals surface area contributed by atoms with Crippen molar-refractivity contribution < 1.29 is 9.90 Å². The van der Waals surface area contributed by atoms with E-state index in [1.54, 1.807) is 0 Å². The average Bonchev–Trinajstić information content (AvgIpc) is 2.76. The number of anilines is 1. The zero-order valence-electron chi connectivity index (χ0n) is 18.4. The molecule has 1 aliphatic carbocycles. The van der Waals surface area contributed by atoms with E-state index in [-0.39, 0.29) is 0 Å². The summed E-state index contributed by atoms with van der Waals surface area (Å²) in [7, 11) is 0. The topological polar surface area (TPSA) is 78.6 Å². The summed E-state index contributed by atoms with van der Waals surface area (Å²) in [5, 5.41) is 12.5. The van der Waals surface area contributed by atoms with Crippen LogP contribution in [0.2, 0.25) is 0 Å². The highest BCUT2D eigenvalue weighted by Crippen LogP contribution is 2.27. The summed E-state index contributed by atoms with van der Waals surface area (Å²) >= 11 is 0. The minimum absolute atomic E-state index is 0.400. The summed E-state index contributed by atoms with van der Waals surface area (Å²) in [5.41, 5.74) is 10.1. The maximum absolute atomic E-state index is 12.8. The molecule has 1 saturated carbocycles. The van der Waals surface area contributed by atoms with E-state index in [4.69, 9.17) is 5.73 Å². The number of nitrogens with zero attached hydrogens (tertiary/aromatic N) is 1. The maximum atomic E-state index is 12.8. The molecule has 2 rings (SSSR count). The van der Waals surface area contributed by atoms with Crippen molar-refractivity contribution >= 4 is 11.6 Å². The first-order valence-electron chi connectivity index (χ1n) is 11.6. The Morgan fingerprint density at radius 2 is 1.90 bits per heavy atom. The average molecular weight is 404 g/mol. The van der Waals surface area contributed by atoms with Crippen molar-refractivity contribution in [3.63, 3.8) is 0 Å². The molecule has 0 saturated heterocycles. The highest BCUT2D eigenvalue weighted by molar-refractivity contribution is 5.82. The van der Waals surface area contributed by atoms with Gasteiger partial charge in [0, 0.05) is 12.6 Å². The lowest BCUT2D eigenvalue weighted by Crippen LogP contribution is -2.53. The summed E-state index contributed by atoms with van der Waals surface area (Å²) in [6.45, 7) is 5.13. The van der Waals surface area contributed by atoms with Crippen LogP contribution < -0.4 is 16.2 Å². The first-order valence-corrected chi connectivity index (χ1v) is 11.6. The third-order valence-corrected chi connectivity index (χ3v) is 6.30. The van der Waals surface area contributed by atoms with Crippen molar-refractivity contribution in [1.82, 2.24) is 5.43 Å². The Bertz CT molecular complexity index is 575. The number of amides is 1. The van der Waals surface area contributed by atoms with Crippen LogP contribution in [-0.4, -0.2) is 29.7 Å². The molecule has 5 heteroatoms. The molecule has 0 heterocycles. The van der Waals surface area contributed by atoms with Gasteiger partial charge in [-0.25, -0.2) is 0 Å². The van der Waals surface area contributed by atoms with Crippen LogP contribution in [0.15, 0.2) is 30.3 Å². The van der Waals surface area contributed by atoms with Crippen LogP contribution >= 0.6 is 0 Å². The first-order chi connectivity index (χ1) is 14.0. The van der Waals surface area contributed by atoms with Crippen molar-refractivity contribution in [2.24, 2.45) is 17.6 Å². The molecule has 1 fully saturated rings. The van der Waals surface area contributed by atoms with Crippen LogP contribution in [0.1, 0.15) is 78.1 Å². The number of hydrogen-bond donors (Lipinski definition) is 3. The number of unbranched alkanes of at least 4 members (excludes halogenated alkanes) is 1. The number of carbonyl (C=O) groups excluding carboxylic acids is 1. The highest BCUT2D eigenvalue weighted by atomic mass is 16.3. The zero-order valence-corrected chi connectivity index (χ0v) is 18.4. The Morgan fingerprint density at radius 3 is 2.52 bits per heavy atom. The lowest BCUT2D eigenvalue weighted by Gasteiger charge is -2.32. The minimum Gasteiger partial charge on any atom is -0.382 e. The third kappa shape index (κ3) is 7.98. The van der Waals surface area contributed by atoms with Gasteiger partial charge in [-0.2, -0.15) is 0 Å². The fraction of sp³-hybridized carbons (Fsp3) is 0.708. The predicted molar refractivity (Wildman–Crippen MR) is 120 cm³/mol. The number of aliphatic hydroxyl groups is 1. The minimum atomic E-state index is -1.18. The SMILES string of the molecule is CCCCC(CC)CN(NC(=O)C(O)[C@H](N)CC1CCCCC1)c1ccccc1. The largest absolute Gasteiger partial charge is 0.382 e. The molecule has 0 spiro atoms. The maximum Gasteiger partial charge on any atom is 0.268 e.